The van der Waals surface area contributed by atoms with Crippen molar-refractivity contribution in [2.24, 2.45) is 0 Å². The summed E-state index contributed by atoms with van der Waals surface area (Å²) in [5.41, 5.74) is 1.79. The zero-order chi connectivity index (χ0) is 16.7. The van der Waals surface area contributed by atoms with E-state index in [9.17, 15) is 4.79 Å². The molecule has 0 fully saturated rings. The third-order valence-electron chi connectivity index (χ3n) is 3.45. The maximum Gasteiger partial charge on any atom is 0.354 e. The molecule has 118 valence electrons. The van der Waals surface area contributed by atoms with Crippen LogP contribution in [0.25, 0.3) is 11.2 Å². The Balaban J connectivity index is 2.13. The summed E-state index contributed by atoms with van der Waals surface area (Å²) in [7, 11) is 0. The van der Waals surface area contributed by atoms with Crippen molar-refractivity contribution in [2.45, 2.75) is 13.5 Å². The van der Waals surface area contributed by atoms with Gasteiger partial charge in [0.2, 0.25) is 0 Å². The number of carboxylic acids is 1. The summed E-state index contributed by atoms with van der Waals surface area (Å²) in [5.74, 6) is -0.401. The van der Waals surface area contributed by atoms with Gasteiger partial charge in [-0.3, -0.25) is 0 Å². The summed E-state index contributed by atoms with van der Waals surface area (Å²) >= 11 is 18.2. The number of carboxylic acid groups (broad SMARTS) is 1. The Morgan fingerprint density at radius 1 is 1.13 bits per heavy atom. The number of hydrogen-bond acceptors (Lipinski definition) is 3. The molecule has 5 nitrogen and oxygen atoms in total. The number of aromatic carboxylic acids is 1. The van der Waals surface area contributed by atoms with Gasteiger partial charge in [0.1, 0.15) is 11.3 Å². The maximum atomic E-state index is 11.1. The van der Waals surface area contributed by atoms with Crippen LogP contribution < -0.4 is 0 Å². The minimum atomic E-state index is -1.09. The maximum absolute atomic E-state index is 11.1. The number of hydrogen-bond donors (Lipinski definition) is 1. The van der Waals surface area contributed by atoms with Crippen LogP contribution in [0.15, 0.2) is 24.3 Å². The molecular formula is C15H10Cl3N3O2. The van der Waals surface area contributed by atoms with E-state index in [1.54, 1.807) is 22.8 Å². The number of nitrogens with zero attached hydrogens (tertiary/aromatic N) is 3. The van der Waals surface area contributed by atoms with Gasteiger partial charge in [-0.1, -0.05) is 40.9 Å². The van der Waals surface area contributed by atoms with Gasteiger partial charge in [-0.05, 0) is 30.7 Å². The summed E-state index contributed by atoms with van der Waals surface area (Å²) in [6.07, 6.45) is 0. The van der Waals surface area contributed by atoms with Crippen LogP contribution >= 0.6 is 34.8 Å². The molecule has 3 rings (SSSR count). The van der Waals surface area contributed by atoms with E-state index < -0.39 is 5.97 Å². The van der Waals surface area contributed by atoms with Crippen LogP contribution in [0.2, 0.25) is 15.1 Å². The molecule has 0 unspecified atom stereocenters. The van der Waals surface area contributed by atoms with Crippen molar-refractivity contribution in [3.05, 3.63) is 56.4 Å². The van der Waals surface area contributed by atoms with Gasteiger partial charge in [-0.2, -0.15) is 0 Å². The minimum Gasteiger partial charge on any atom is -0.477 e. The SMILES string of the molecule is Cc1nc2ccc(C(=O)O)nc2n1Cc1ccc(Cl)c(Cl)c1Cl. The molecule has 23 heavy (non-hydrogen) atoms. The largest absolute Gasteiger partial charge is 0.477 e. The summed E-state index contributed by atoms with van der Waals surface area (Å²) in [6, 6.07) is 6.48. The molecular weight excluding hydrogens is 361 g/mol. The van der Waals surface area contributed by atoms with Crippen molar-refractivity contribution in [3.8, 4) is 0 Å². The van der Waals surface area contributed by atoms with E-state index in [4.69, 9.17) is 39.9 Å². The topological polar surface area (TPSA) is 68.0 Å². The Kier molecular flexibility index (Phi) is 4.19. The van der Waals surface area contributed by atoms with Gasteiger partial charge in [0.25, 0.3) is 0 Å². The van der Waals surface area contributed by atoms with Crippen LogP contribution in [0.5, 0.6) is 0 Å². The molecule has 0 amide bonds. The molecule has 2 aromatic heterocycles. The highest BCUT2D eigenvalue weighted by Gasteiger charge is 2.15. The second-order valence-electron chi connectivity index (χ2n) is 4.92. The Bertz CT molecular complexity index is 937. The van der Waals surface area contributed by atoms with Gasteiger partial charge < -0.3 is 9.67 Å². The van der Waals surface area contributed by atoms with E-state index in [-0.39, 0.29) is 10.7 Å². The van der Waals surface area contributed by atoms with Crippen molar-refractivity contribution >= 4 is 51.9 Å². The molecule has 1 aromatic carbocycles. The predicted molar refractivity (Wildman–Crippen MR) is 89.8 cm³/mol. The fraction of sp³-hybridized carbons (Fsp3) is 0.133. The summed E-state index contributed by atoms with van der Waals surface area (Å²) in [5, 5.41) is 10.1. The first-order valence-corrected chi connectivity index (χ1v) is 7.71. The second kappa shape index (κ2) is 6.00. The quantitative estimate of drug-likeness (QED) is 0.692. The zero-order valence-corrected chi connectivity index (χ0v) is 14.1. The molecule has 0 radical (unpaired) electrons. The number of aromatic nitrogens is 3. The molecule has 3 aromatic rings. The lowest BCUT2D eigenvalue weighted by atomic mass is 10.2. The molecule has 8 heteroatoms. The van der Waals surface area contributed by atoms with Crippen molar-refractivity contribution in [3.63, 3.8) is 0 Å². The van der Waals surface area contributed by atoms with E-state index in [0.29, 0.717) is 33.6 Å². The molecule has 0 aliphatic rings. The molecule has 0 saturated carbocycles. The highest BCUT2D eigenvalue weighted by Crippen LogP contribution is 2.33. The Hall–Kier alpha value is -1.82. The van der Waals surface area contributed by atoms with E-state index in [0.717, 1.165) is 5.56 Å². The predicted octanol–water partition coefficient (Wildman–Crippen LogP) is 4.45. The first-order chi connectivity index (χ1) is 10.9. The van der Waals surface area contributed by atoms with Crippen LogP contribution in [0.1, 0.15) is 21.9 Å². The van der Waals surface area contributed by atoms with E-state index >= 15 is 0 Å². The number of pyridine rings is 1. The Labute approximate surface area is 146 Å². The number of halogens is 3. The molecule has 0 aliphatic heterocycles. The Morgan fingerprint density at radius 2 is 1.87 bits per heavy atom. The molecule has 0 atom stereocenters. The van der Waals surface area contributed by atoms with E-state index in [1.165, 1.54) is 6.07 Å². The molecule has 0 saturated heterocycles. The van der Waals surface area contributed by atoms with Crippen LogP contribution in [0.3, 0.4) is 0 Å². The highest BCUT2D eigenvalue weighted by atomic mass is 35.5. The summed E-state index contributed by atoms with van der Waals surface area (Å²) in [4.78, 5) is 19.7. The lowest BCUT2D eigenvalue weighted by Crippen LogP contribution is -2.06. The molecule has 0 bridgehead atoms. The molecule has 1 N–H and O–H groups in total. The fourth-order valence-electron chi connectivity index (χ4n) is 2.28. The normalized spacial score (nSPS) is 11.1. The van der Waals surface area contributed by atoms with Crippen LogP contribution in [-0.4, -0.2) is 25.6 Å². The van der Waals surface area contributed by atoms with Crippen LogP contribution in [0, 0.1) is 6.92 Å². The number of fused-ring (bicyclic) bond motifs is 1. The van der Waals surface area contributed by atoms with Gasteiger partial charge in [0, 0.05) is 0 Å². The third-order valence-corrected chi connectivity index (χ3v) is 4.78. The molecule has 2 heterocycles. The fourth-order valence-corrected chi connectivity index (χ4v) is 2.90. The van der Waals surface area contributed by atoms with Crippen molar-refractivity contribution in [1.82, 2.24) is 14.5 Å². The van der Waals surface area contributed by atoms with Crippen molar-refractivity contribution in [2.75, 3.05) is 0 Å². The van der Waals surface area contributed by atoms with Crippen molar-refractivity contribution in [1.29, 1.82) is 0 Å². The third kappa shape index (κ3) is 2.87. The smallest absolute Gasteiger partial charge is 0.354 e. The van der Waals surface area contributed by atoms with E-state index in [1.807, 2.05) is 6.92 Å². The average molecular weight is 371 g/mol. The summed E-state index contributed by atoms with van der Waals surface area (Å²) < 4.78 is 1.78. The highest BCUT2D eigenvalue weighted by molar-refractivity contribution is 6.48. The number of carbonyl (C=O) groups is 1. The van der Waals surface area contributed by atoms with E-state index in [2.05, 4.69) is 9.97 Å². The summed E-state index contributed by atoms with van der Waals surface area (Å²) in [6.45, 7) is 2.17. The molecule has 0 aliphatic carbocycles. The average Bonchev–Trinajstić information content (AvgIpc) is 2.82. The number of imidazole rings is 1. The first-order valence-electron chi connectivity index (χ1n) is 6.58. The van der Waals surface area contributed by atoms with Gasteiger partial charge in [0.15, 0.2) is 11.3 Å². The number of benzene rings is 1. The lowest BCUT2D eigenvalue weighted by molar-refractivity contribution is 0.0691. The second-order valence-corrected chi connectivity index (χ2v) is 6.09. The monoisotopic (exact) mass is 369 g/mol. The van der Waals surface area contributed by atoms with Gasteiger partial charge >= 0.3 is 5.97 Å². The Morgan fingerprint density at radius 3 is 2.57 bits per heavy atom. The van der Waals surface area contributed by atoms with Crippen LogP contribution in [0.4, 0.5) is 0 Å². The zero-order valence-electron chi connectivity index (χ0n) is 11.8. The van der Waals surface area contributed by atoms with Crippen molar-refractivity contribution < 1.29 is 9.90 Å². The number of aryl methyl sites for hydroxylation is 1. The standard InChI is InChI=1S/C15H10Cl3N3O2/c1-7-19-10-4-5-11(15(22)23)20-14(10)21(7)6-8-2-3-9(16)13(18)12(8)17/h2-5H,6H2,1H3,(H,22,23). The number of rotatable bonds is 3. The molecule has 0 spiro atoms. The lowest BCUT2D eigenvalue weighted by Gasteiger charge is -2.10. The first kappa shape index (κ1) is 16.1. The van der Waals surface area contributed by atoms with Gasteiger partial charge in [-0.25, -0.2) is 14.8 Å². The van der Waals surface area contributed by atoms with Gasteiger partial charge in [-0.15, -0.1) is 0 Å². The van der Waals surface area contributed by atoms with Gasteiger partial charge in [0.05, 0.1) is 21.6 Å². The minimum absolute atomic E-state index is 0.0427. The van der Waals surface area contributed by atoms with Crippen LogP contribution in [-0.2, 0) is 6.54 Å².